The summed E-state index contributed by atoms with van der Waals surface area (Å²) in [5.74, 6) is 0. The lowest BCUT2D eigenvalue weighted by Crippen LogP contribution is -2.51. The van der Waals surface area contributed by atoms with E-state index in [1.807, 2.05) is 13.8 Å². The van der Waals surface area contributed by atoms with Crippen molar-refractivity contribution >= 4 is 27.2 Å². The van der Waals surface area contributed by atoms with E-state index in [0.717, 1.165) is 11.1 Å². The quantitative estimate of drug-likeness (QED) is 0.826. The fourth-order valence-corrected chi connectivity index (χ4v) is 2.92. The number of sulfonamides is 1. The Morgan fingerprint density at radius 3 is 2.28 bits per heavy atom. The normalized spacial score (nSPS) is 12.4. The van der Waals surface area contributed by atoms with Crippen molar-refractivity contribution in [2.24, 2.45) is 5.73 Å². The molecule has 0 fully saturated rings. The Morgan fingerprint density at radius 2 is 1.83 bits per heavy atom. The maximum atomic E-state index is 12.2. The number of nitrogens with one attached hydrogen (secondary N) is 1. The molecule has 6 heteroatoms. The molecule has 1 aromatic carbocycles. The third kappa shape index (κ3) is 3.28. The first-order chi connectivity index (χ1) is 8.06. The lowest BCUT2D eigenvalue weighted by molar-refractivity contribution is 0.546. The molecule has 3 N–H and O–H groups in total. The van der Waals surface area contributed by atoms with E-state index in [1.54, 1.807) is 32.0 Å². The van der Waals surface area contributed by atoms with Crippen LogP contribution < -0.4 is 10.5 Å². The van der Waals surface area contributed by atoms with Crippen LogP contribution in [-0.4, -0.2) is 18.9 Å². The summed E-state index contributed by atoms with van der Waals surface area (Å²) < 4.78 is 26.9. The molecular weight excluding hydrogens is 268 g/mol. The maximum absolute atomic E-state index is 12.2. The van der Waals surface area contributed by atoms with E-state index in [9.17, 15) is 8.42 Å². The van der Waals surface area contributed by atoms with Gasteiger partial charge in [-0.05, 0) is 51.0 Å². The second-order valence-corrected chi connectivity index (χ2v) is 6.96. The molecule has 0 radical (unpaired) electrons. The van der Waals surface area contributed by atoms with E-state index < -0.39 is 15.6 Å². The number of rotatable bonds is 4. The van der Waals surface area contributed by atoms with Crippen LogP contribution in [0.1, 0.15) is 25.0 Å². The molecule has 0 aliphatic heterocycles. The Labute approximate surface area is 114 Å². The first kappa shape index (κ1) is 15.1. The Balaban J connectivity index is 3.15. The van der Waals surface area contributed by atoms with Crippen LogP contribution in [0.3, 0.4) is 0 Å². The molecule has 1 rings (SSSR count). The molecule has 0 atom stereocenters. The summed E-state index contributed by atoms with van der Waals surface area (Å²) in [6.45, 7) is 7.06. The molecule has 0 aromatic heterocycles. The predicted molar refractivity (Wildman–Crippen MR) is 77.1 cm³/mol. The van der Waals surface area contributed by atoms with Crippen molar-refractivity contribution in [2.45, 2.75) is 38.1 Å². The monoisotopic (exact) mass is 286 g/mol. The van der Waals surface area contributed by atoms with Gasteiger partial charge in [-0.2, -0.15) is 4.72 Å². The van der Waals surface area contributed by atoms with Crippen LogP contribution in [0, 0.1) is 13.8 Å². The molecule has 0 spiro atoms. The van der Waals surface area contributed by atoms with Gasteiger partial charge >= 0.3 is 0 Å². The van der Waals surface area contributed by atoms with Gasteiger partial charge in [-0.25, -0.2) is 8.42 Å². The van der Waals surface area contributed by atoms with Crippen molar-refractivity contribution in [3.05, 3.63) is 29.3 Å². The van der Waals surface area contributed by atoms with E-state index in [0.29, 0.717) is 0 Å². The summed E-state index contributed by atoms with van der Waals surface area (Å²) in [4.78, 5) is 0.324. The van der Waals surface area contributed by atoms with Gasteiger partial charge in [-0.15, -0.1) is 0 Å². The highest BCUT2D eigenvalue weighted by Crippen LogP contribution is 2.17. The second kappa shape index (κ2) is 4.95. The van der Waals surface area contributed by atoms with E-state index in [1.165, 1.54) is 0 Å². The summed E-state index contributed by atoms with van der Waals surface area (Å²) in [5, 5.41) is 0. The summed E-state index contributed by atoms with van der Waals surface area (Å²) in [6, 6.07) is 4.98. The van der Waals surface area contributed by atoms with Crippen molar-refractivity contribution < 1.29 is 8.42 Å². The SMILES string of the molecule is Cc1ccc(S(=O)(=O)NC(C)(C)C(N)=S)cc1C. The second-order valence-electron chi connectivity index (χ2n) is 4.84. The molecule has 18 heavy (non-hydrogen) atoms. The number of thiocarbonyl (C=S) groups is 1. The average molecular weight is 286 g/mol. The van der Waals surface area contributed by atoms with Crippen LogP contribution in [-0.2, 0) is 10.0 Å². The van der Waals surface area contributed by atoms with Gasteiger partial charge in [0.2, 0.25) is 10.0 Å². The first-order valence-corrected chi connectivity index (χ1v) is 7.36. The van der Waals surface area contributed by atoms with Crippen LogP contribution in [0.15, 0.2) is 23.1 Å². The summed E-state index contributed by atoms with van der Waals surface area (Å²) in [7, 11) is -3.62. The maximum Gasteiger partial charge on any atom is 0.241 e. The lowest BCUT2D eigenvalue weighted by Gasteiger charge is -2.24. The average Bonchev–Trinajstić information content (AvgIpc) is 2.20. The van der Waals surface area contributed by atoms with Gasteiger partial charge in [0, 0.05) is 0 Å². The summed E-state index contributed by atoms with van der Waals surface area (Å²) in [5.41, 5.74) is 6.53. The molecule has 0 saturated heterocycles. The van der Waals surface area contributed by atoms with Crippen LogP contribution in [0.5, 0.6) is 0 Å². The van der Waals surface area contributed by atoms with Gasteiger partial charge in [0.1, 0.15) is 0 Å². The van der Waals surface area contributed by atoms with Gasteiger partial charge in [-0.3, -0.25) is 0 Å². The van der Waals surface area contributed by atoms with Crippen molar-refractivity contribution in [3.63, 3.8) is 0 Å². The highest BCUT2D eigenvalue weighted by molar-refractivity contribution is 7.89. The van der Waals surface area contributed by atoms with Crippen LogP contribution in [0.25, 0.3) is 0 Å². The first-order valence-electron chi connectivity index (χ1n) is 5.47. The van der Waals surface area contributed by atoms with Gasteiger partial charge < -0.3 is 5.73 Å². The summed E-state index contributed by atoms with van der Waals surface area (Å²) >= 11 is 4.85. The summed E-state index contributed by atoms with van der Waals surface area (Å²) in [6.07, 6.45) is 0. The van der Waals surface area contributed by atoms with Crippen molar-refractivity contribution in [3.8, 4) is 0 Å². The fourth-order valence-electron chi connectivity index (χ4n) is 1.33. The smallest absolute Gasteiger partial charge is 0.241 e. The lowest BCUT2D eigenvalue weighted by atomic mass is 10.1. The van der Waals surface area contributed by atoms with Gasteiger partial charge in [0.15, 0.2) is 0 Å². The molecule has 0 aliphatic rings. The molecule has 0 aliphatic carbocycles. The number of aryl methyl sites for hydroxylation is 2. The Hall–Kier alpha value is -0.980. The molecule has 4 nitrogen and oxygen atoms in total. The standard InChI is InChI=1S/C12H18N2O2S2/c1-8-5-6-10(7-9(8)2)18(15,16)14-12(3,4)11(13)17/h5-7,14H,1-4H3,(H2,13,17). The number of benzene rings is 1. The Bertz CT molecular complexity index is 578. The minimum Gasteiger partial charge on any atom is -0.392 e. The molecule has 100 valence electrons. The third-order valence-electron chi connectivity index (χ3n) is 2.79. The zero-order valence-electron chi connectivity index (χ0n) is 10.9. The molecule has 0 unspecified atom stereocenters. The molecule has 1 aromatic rings. The molecular formula is C12H18N2O2S2. The number of hydrogen-bond donors (Lipinski definition) is 2. The third-order valence-corrected chi connectivity index (χ3v) is 4.96. The Morgan fingerprint density at radius 1 is 1.28 bits per heavy atom. The van der Waals surface area contributed by atoms with E-state index in [2.05, 4.69) is 4.72 Å². The van der Waals surface area contributed by atoms with Crippen LogP contribution >= 0.6 is 12.2 Å². The topological polar surface area (TPSA) is 72.2 Å². The predicted octanol–water partition coefficient (Wildman–Crippen LogP) is 1.65. The molecule has 0 heterocycles. The van der Waals surface area contributed by atoms with E-state index in [4.69, 9.17) is 18.0 Å². The molecule has 0 bridgehead atoms. The highest BCUT2D eigenvalue weighted by atomic mass is 32.2. The van der Waals surface area contributed by atoms with E-state index >= 15 is 0 Å². The zero-order valence-corrected chi connectivity index (χ0v) is 12.6. The van der Waals surface area contributed by atoms with Crippen LogP contribution in [0.4, 0.5) is 0 Å². The van der Waals surface area contributed by atoms with Gasteiger partial charge in [0.05, 0.1) is 15.4 Å². The number of hydrogen-bond acceptors (Lipinski definition) is 3. The van der Waals surface area contributed by atoms with Gasteiger partial charge in [-0.1, -0.05) is 18.3 Å². The van der Waals surface area contributed by atoms with Crippen molar-refractivity contribution in [2.75, 3.05) is 0 Å². The number of nitrogens with two attached hydrogens (primary N) is 1. The van der Waals surface area contributed by atoms with Crippen molar-refractivity contribution in [1.29, 1.82) is 0 Å². The van der Waals surface area contributed by atoms with E-state index in [-0.39, 0.29) is 9.88 Å². The fraction of sp³-hybridized carbons (Fsp3) is 0.417. The minimum atomic E-state index is -3.62. The molecule has 0 amide bonds. The zero-order chi connectivity index (χ0) is 14.1. The Kier molecular flexibility index (Phi) is 4.15. The van der Waals surface area contributed by atoms with Crippen molar-refractivity contribution in [1.82, 2.24) is 4.72 Å². The van der Waals surface area contributed by atoms with Gasteiger partial charge in [0.25, 0.3) is 0 Å². The highest BCUT2D eigenvalue weighted by Gasteiger charge is 2.28. The largest absolute Gasteiger partial charge is 0.392 e. The minimum absolute atomic E-state index is 0.106. The van der Waals surface area contributed by atoms with Crippen LogP contribution in [0.2, 0.25) is 0 Å². The molecule has 0 saturated carbocycles.